The fraction of sp³-hybridized carbons (Fsp3) is 0.176. The van der Waals surface area contributed by atoms with Crippen molar-refractivity contribution in [2.75, 3.05) is 12.1 Å². The molecule has 0 saturated heterocycles. The molecule has 0 spiro atoms. The van der Waals surface area contributed by atoms with Crippen LogP contribution in [-0.2, 0) is 0 Å². The number of rotatable bonds is 4. The van der Waals surface area contributed by atoms with E-state index in [0.717, 1.165) is 0 Å². The quantitative estimate of drug-likeness (QED) is 0.520. The van der Waals surface area contributed by atoms with Crippen molar-refractivity contribution in [1.29, 1.82) is 0 Å². The van der Waals surface area contributed by atoms with Crippen molar-refractivity contribution in [1.82, 2.24) is 0 Å². The highest BCUT2D eigenvalue weighted by Crippen LogP contribution is 2.37. The van der Waals surface area contributed by atoms with Crippen LogP contribution in [0.5, 0.6) is 11.5 Å². The van der Waals surface area contributed by atoms with Gasteiger partial charge in [0.25, 0.3) is 11.6 Å². The van der Waals surface area contributed by atoms with Crippen LogP contribution in [0.25, 0.3) is 0 Å². The van der Waals surface area contributed by atoms with E-state index in [9.17, 15) is 19.7 Å². The van der Waals surface area contributed by atoms with Gasteiger partial charge in [-0.1, -0.05) is 12.1 Å². The third kappa shape index (κ3) is 3.01. The number of nitro groups is 1. The second-order valence-corrected chi connectivity index (χ2v) is 5.49. The molecule has 128 valence electrons. The highest BCUT2D eigenvalue weighted by Gasteiger charge is 2.25. The minimum absolute atomic E-state index is 0.0213. The summed E-state index contributed by atoms with van der Waals surface area (Å²) in [5, 5.41) is 13.8. The van der Waals surface area contributed by atoms with Crippen LogP contribution in [0.4, 0.5) is 11.4 Å². The van der Waals surface area contributed by atoms with Gasteiger partial charge in [0.05, 0.1) is 10.6 Å². The number of nitrogens with one attached hydrogen (secondary N) is 1. The average Bonchev–Trinajstić information content (AvgIpc) is 3.00. The molecule has 8 heteroatoms. The molecule has 1 aliphatic heterocycles. The number of anilines is 1. The normalized spacial score (nSPS) is 11.9. The molecule has 0 fully saturated rings. The number of ketones is 1. The molecule has 0 bridgehead atoms. The van der Waals surface area contributed by atoms with Crippen LogP contribution in [0.1, 0.15) is 33.2 Å². The lowest BCUT2D eigenvalue weighted by Gasteiger charge is -2.11. The predicted octanol–water partition coefficient (Wildman–Crippen LogP) is 3.09. The Morgan fingerprint density at radius 3 is 2.48 bits per heavy atom. The van der Waals surface area contributed by atoms with Crippen LogP contribution in [0.15, 0.2) is 30.3 Å². The van der Waals surface area contributed by atoms with Crippen molar-refractivity contribution in [2.24, 2.45) is 0 Å². The van der Waals surface area contributed by atoms with Gasteiger partial charge in [-0.15, -0.1) is 0 Å². The molecule has 2 aromatic carbocycles. The largest absolute Gasteiger partial charge is 0.454 e. The molecule has 0 atom stereocenters. The summed E-state index contributed by atoms with van der Waals surface area (Å²) in [6, 6.07) is 7.42. The number of hydrogen-bond donors (Lipinski definition) is 1. The van der Waals surface area contributed by atoms with Crippen LogP contribution in [-0.4, -0.2) is 23.4 Å². The third-order valence-electron chi connectivity index (χ3n) is 3.81. The Bertz CT molecular complexity index is 906. The number of amides is 1. The molecule has 0 saturated carbocycles. The number of hydrogen-bond acceptors (Lipinski definition) is 6. The van der Waals surface area contributed by atoms with E-state index in [1.165, 1.54) is 25.1 Å². The highest BCUT2D eigenvalue weighted by molar-refractivity contribution is 6.11. The minimum atomic E-state index is -0.684. The first-order valence-corrected chi connectivity index (χ1v) is 7.38. The van der Waals surface area contributed by atoms with Gasteiger partial charge < -0.3 is 14.8 Å². The van der Waals surface area contributed by atoms with Crippen molar-refractivity contribution < 1.29 is 24.0 Å². The Morgan fingerprint density at radius 1 is 1.16 bits per heavy atom. The van der Waals surface area contributed by atoms with Crippen molar-refractivity contribution in [3.63, 3.8) is 0 Å². The van der Waals surface area contributed by atoms with Gasteiger partial charge in [0.2, 0.25) is 6.79 Å². The van der Waals surface area contributed by atoms with Crippen molar-refractivity contribution in [2.45, 2.75) is 13.8 Å². The first kappa shape index (κ1) is 16.4. The molecular formula is C17H14N2O6. The van der Waals surface area contributed by atoms with Gasteiger partial charge in [0.15, 0.2) is 17.3 Å². The molecule has 1 aliphatic rings. The third-order valence-corrected chi connectivity index (χ3v) is 3.81. The number of ether oxygens (including phenoxy) is 2. The fourth-order valence-electron chi connectivity index (χ4n) is 2.61. The molecular weight excluding hydrogens is 328 g/mol. The van der Waals surface area contributed by atoms with Gasteiger partial charge in [0, 0.05) is 17.2 Å². The van der Waals surface area contributed by atoms with E-state index >= 15 is 0 Å². The van der Waals surface area contributed by atoms with E-state index in [1.54, 1.807) is 19.1 Å². The standard InChI is InChI=1S/C17H14N2O6/c1-9-4-3-5-11(16(9)19(22)23)17(21)18-13-7-15-14(24-8-25-15)6-12(13)10(2)20/h3-7H,8H2,1-2H3,(H,18,21). The molecule has 2 aromatic rings. The second-order valence-electron chi connectivity index (χ2n) is 5.49. The van der Waals surface area contributed by atoms with E-state index in [4.69, 9.17) is 9.47 Å². The number of para-hydroxylation sites is 1. The van der Waals surface area contributed by atoms with Gasteiger partial charge in [-0.3, -0.25) is 19.7 Å². The zero-order valence-electron chi connectivity index (χ0n) is 13.5. The lowest BCUT2D eigenvalue weighted by Crippen LogP contribution is -2.16. The van der Waals surface area contributed by atoms with Gasteiger partial charge in [0.1, 0.15) is 5.56 Å². The van der Waals surface area contributed by atoms with E-state index in [2.05, 4.69) is 5.32 Å². The number of nitro benzene ring substituents is 1. The van der Waals surface area contributed by atoms with Crippen molar-refractivity contribution >= 4 is 23.1 Å². The Morgan fingerprint density at radius 2 is 1.84 bits per heavy atom. The maximum atomic E-state index is 12.6. The maximum absolute atomic E-state index is 12.6. The van der Waals surface area contributed by atoms with Gasteiger partial charge in [-0.05, 0) is 26.0 Å². The summed E-state index contributed by atoms with van der Waals surface area (Å²) in [5.41, 5.74) is 0.447. The molecule has 0 radical (unpaired) electrons. The number of carbonyl (C=O) groups excluding carboxylic acids is 2. The monoisotopic (exact) mass is 342 g/mol. The van der Waals surface area contributed by atoms with Gasteiger partial charge in [-0.2, -0.15) is 0 Å². The summed E-state index contributed by atoms with van der Waals surface area (Å²) in [5.74, 6) is -0.173. The van der Waals surface area contributed by atoms with E-state index in [-0.39, 0.29) is 35.1 Å². The smallest absolute Gasteiger partial charge is 0.285 e. The number of aryl methyl sites for hydroxylation is 1. The number of Topliss-reactive ketones (excluding diaryl/α,β-unsaturated/α-hetero) is 1. The zero-order chi connectivity index (χ0) is 18.1. The maximum Gasteiger partial charge on any atom is 0.285 e. The zero-order valence-corrected chi connectivity index (χ0v) is 13.5. The number of nitrogens with zero attached hydrogens (tertiary/aromatic N) is 1. The van der Waals surface area contributed by atoms with E-state index in [1.807, 2.05) is 0 Å². The Labute approximate surface area is 142 Å². The van der Waals surface area contributed by atoms with Crippen LogP contribution in [0.2, 0.25) is 0 Å². The second kappa shape index (κ2) is 6.23. The molecule has 1 N–H and O–H groups in total. The van der Waals surface area contributed by atoms with E-state index < -0.39 is 10.8 Å². The summed E-state index contributed by atoms with van der Waals surface area (Å²) in [7, 11) is 0. The van der Waals surface area contributed by atoms with Crippen LogP contribution >= 0.6 is 0 Å². The van der Waals surface area contributed by atoms with Crippen molar-refractivity contribution in [3.05, 3.63) is 57.1 Å². The number of fused-ring (bicyclic) bond motifs is 1. The first-order valence-electron chi connectivity index (χ1n) is 7.38. The topological polar surface area (TPSA) is 108 Å². The molecule has 3 rings (SSSR count). The summed E-state index contributed by atoms with van der Waals surface area (Å²) in [4.78, 5) is 35.1. The molecule has 25 heavy (non-hydrogen) atoms. The minimum Gasteiger partial charge on any atom is -0.454 e. The summed E-state index contributed by atoms with van der Waals surface area (Å²) < 4.78 is 10.5. The molecule has 0 aromatic heterocycles. The highest BCUT2D eigenvalue weighted by atomic mass is 16.7. The Hall–Kier alpha value is -3.42. The lowest BCUT2D eigenvalue weighted by atomic mass is 10.1. The summed E-state index contributed by atoms with van der Waals surface area (Å²) >= 11 is 0. The predicted molar refractivity (Wildman–Crippen MR) is 88.4 cm³/mol. The van der Waals surface area contributed by atoms with Crippen LogP contribution in [0.3, 0.4) is 0 Å². The van der Waals surface area contributed by atoms with Gasteiger partial charge in [-0.25, -0.2) is 0 Å². The average molecular weight is 342 g/mol. The molecule has 8 nitrogen and oxygen atoms in total. The van der Waals surface area contributed by atoms with Crippen LogP contribution in [0, 0.1) is 17.0 Å². The first-order chi connectivity index (χ1) is 11.9. The molecule has 0 unspecified atom stereocenters. The SMILES string of the molecule is CC(=O)c1cc2c(cc1NC(=O)c1cccc(C)c1[N+](=O)[O-])OCO2. The van der Waals surface area contributed by atoms with Crippen LogP contribution < -0.4 is 14.8 Å². The Balaban J connectivity index is 2.01. The summed E-state index contributed by atoms with van der Waals surface area (Å²) in [6.07, 6.45) is 0. The Kier molecular flexibility index (Phi) is 4.10. The number of benzene rings is 2. The lowest BCUT2D eigenvalue weighted by molar-refractivity contribution is -0.385. The molecule has 0 aliphatic carbocycles. The van der Waals surface area contributed by atoms with Gasteiger partial charge >= 0.3 is 0 Å². The number of carbonyl (C=O) groups is 2. The summed E-state index contributed by atoms with van der Waals surface area (Å²) in [6.45, 7) is 2.92. The fourth-order valence-corrected chi connectivity index (χ4v) is 2.61. The molecule has 1 heterocycles. The van der Waals surface area contributed by atoms with E-state index in [0.29, 0.717) is 17.1 Å². The molecule has 1 amide bonds. The van der Waals surface area contributed by atoms with Crippen molar-refractivity contribution in [3.8, 4) is 11.5 Å².